The first-order valence-electron chi connectivity index (χ1n) is 9.38. The van der Waals surface area contributed by atoms with Crippen LogP contribution >= 0.6 is 0 Å². The molecule has 7 heteroatoms. The van der Waals surface area contributed by atoms with Gasteiger partial charge in [-0.3, -0.25) is 14.5 Å². The number of likely N-dealkylation sites (tertiary alicyclic amines) is 1. The Morgan fingerprint density at radius 1 is 1.24 bits per heavy atom. The lowest BCUT2D eigenvalue weighted by molar-refractivity contribution is -0.142. The molecule has 0 aliphatic carbocycles. The van der Waals surface area contributed by atoms with E-state index in [1.165, 1.54) is 36.4 Å². The number of aliphatic carboxylic acids is 1. The van der Waals surface area contributed by atoms with Crippen LogP contribution in [0, 0.1) is 12.7 Å². The van der Waals surface area contributed by atoms with Crippen molar-refractivity contribution in [2.75, 3.05) is 6.54 Å². The zero-order valence-corrected chi connectivity index (χ0v) is 15.8. The van der Waals surface area contributed by atoms with E-state index in [1.807, 2.05) is 0 Å². The fourth-order valence-corrected chi connectivity index (χ4v) is 4.01. The van der Waals surface area contributed by atoms with Crippen molar-refractivity contribution < 1.29 is 23.8 Å². The van der Waals surface area contributed by atoms with Gasteiger partial charge < -0.3 is 14.6 Å². The molecule has 0 radical (unpaired) electrons. The number of aromatic hydroxyl groups is 1. The standard InChI is InChI=1S/C22H20FNO5/c1-12-19(13-4-6-14(23)7-5-13)20(26)15-8-9-18(25)16(21(15)29-12)11-24-10-2-3-17(24)22(27)28/h4-9,17,25H,2-3,10-11H2,1H3,(H,27,28)/t17-/m1/s1. The summed E-state index contributed by atoms with van der Waals surface area (Å²) >= 11 is 0. The zero-order valence-electron chi connectivity index (χ0n) is 15.8. The predicted octanol–water partition coefficient (Wildman–Crippen LogP) is 3.66. The lowest BCUT2D eigenvalue weighted by Gasteiger charge is -2.22. The average molecular weight is 397 g/mol. The van der Waals surface area contributed by atoms with E-state index in [-0.39, 0.29) is 28.7 Å². The van der Waals surface area contributed by atoms with Crippen molar-refractivity contribution in [3.63, 3.8) is 0 Å². The Hall–Kier alpha value is -3.19. The molecular weight excluding hydrogens is 377 g/mol. The van der Waals surface area contributed by atoms with Crippen LogP contribution in [0.15, 0.2) is 45.6 Å². The van der Waals surface area contributed by atoms with Gasteiger partial charge in [0.1, 0.15) is 29.0 Å². The minimum absolute atomic E-state index is 0.0504. The largest absolute Gasteiger partial charge is 0.507 e. The van der Waals surface area contributed by atoms with Gasteiger partial charge in [0.25, 0.3) is 0 Å². The Morgan fingerprint density at radius 2 is 1.97 bits per heavy atom. The summed E-state index contributed by atoms with van der Waals surface area (Å²) in [5, 5.41) is 20.1. The third kappa shape index (κ3) is 3.38. The van der Waals surface area contributed by atoms with Gasteiger partial charge >= 0.3 is 5.97 Å². The van der Waals surface area contributed by atoms with Crippen molar-refractivity contribution in [3.8, 4) is 16.9 Å². The van der Waals surface area contributed by atoms with Crippen LogP contribution in [-0.4, -0.2) is 33.7 Å². The second kappa shape index (κ2) is 7.33. The molecule has 29 heavy (non-hydrogen) atoms. The van der Waals surface area contributed by atoms with Crippen molar-refractivity contribution in [1.82, 2.24) is 4.90 Å². The fourth-order valence-electron chi connectivity index (χ4n) is 4.01. The second-order valence-corrected chi connectivity index (χ2v) is 7.28. The first-order valence-corrected chi connectivity index (χ1v) is 9.38. The maximum absolute atomic E-state index is 13.3. The molecule has 2 aromatic carbocycles. The number of rotatable bonds is 4. The fraction of sp³-hybridized carbons (Fsp3) is 0.273. The highest BCUT2D eigenvalue weighted by Crippen LogP contribution is 2.32. The van der Waals surface area contributed by atoms with Crippen LogP contribution < -0.4 is 5.43 Å². The normalized spacial score (nSPS) is 17.1. The Morgan fingerprint density at radius 3 is 2.66 bits per heavy atom. The average Bonchev–Trinajstić information content (AvgIpc) is 3.14. The number of carbonyl (C=O) groups is 1. The Labute approximate surface area is 165 Å². The van der Waals surface area contributed by atoms with E-state index in [0.717, 1.165) is 6.42 Å². The Bertz CT molecular complexity index is 1150. The van der Waals surface area contributed by atoms with Gasteiger partial charge in [-0.25, -0.2) is 4.39 Å². The summed E-state index contributed by atoms with van der Waals surface area (Å²) in [4.78, 5) is 26.4. The molecule has 0 unspecified atom stereocenters. The highest BCUT2D eigenvalue weighted by Gasteiger charge is 2.31. The number of nitrogens with zero attached hydrogens (tertiary/aromatic N) is 1. The van der Waals surface area contributed by atoms with Crippen LogP contribution in [0.2, 0.25) is 0 Å². The van der Waals surface area contributed by atoms with Crippen molar-refractivity contribution in [2.45, 2.75) is 32.4 Å². The molecule has 1 fully saturated rings. The van der Waals surface area contributed by atoms with E-state index in [0.29, 0.717) is 35.4 Å². The molecule has 1 aliphatic heterocycles. The van der Waals surface area contributed by atoms with E-state index < -0.39 is 17.8 Å². The van der Waals surface area contributed by atoms with Crippen molar-refractivity contribution in [3.05, 3.63) is 63.8 Å². The maximum atomic E-state index is 13.3. The number of carboxylic acid groups (broad SMARTS) is 1. The molecular formula is C22H20FNO5. The van der Waals surface area contributed by atoms with Crippen molar-refractivity contribution >= 4 is 16.9 Å². The highest BCUT2D eigenvalue weighted by atomic mass is 19.1. The molecule has 6 nitrogen and oxygen atoms in total. The number of fused-ring (bicyclic) bond motifs is 1. The summed E-state index contributed by atoms with van der Waals surface area (Å²) in [7, 11) is 0. The van der Waals surface area contributed by atoms with E-state index in [2.05, 4.69) is 0 Å². The number of halogens is 1. The molecule has 4 rings (SSSR count). The van der Waals surface area contributed by atoms with Gasteiger partial charge in [-0.1, -0.05) is 12.1 Å². The van der Waals surface area contributed by atoms with Crippen LogP contribution in [0.25, 0.3) is 22.1 Å². The van der Waals surface area contributed by atoms with E-state index >= 15 is 0 Å². The molecule has 0 spiro atoms. The van der Waals surface area contributed by atoms with Crippen LogP contribution in [0.4, 0.5) is 4.39 Å². The van der Waals surface area contributed by atoms with Gasteiger partial charge in [0, 0.05) is 6.54 Å². The van der Waals surface area contributed by atoms with Crippen molar-refractivity contribution in [2.24, 2.45) is 0 Å². The number of hydrogen-bond donors (Lipinski definition) is 2. The summed E-state index contributed by atoms with van der Waals surface area (Å²) in [6, 6.07) is 7.87. The molecule has 2 heterocycles. The van der Waals surface area contributed by atoms with Crippen LogP contribution in [-0.2, 0) is 11.3 Å². The quantitative estimate of drug-likeness (QED) is 0.698. The third-order valence-electron chi connectivity index (χ3n) is 5.46. The van der Waals surface area contributed by atoms with E-state index in [4.69, 9.17) is 4.42 Å². The topological polar surface area (TPSA) is 91.0 Å². The van der Waals surface area contributed by atoms with Crippen LogP contribution in [0.5, 0.6) is 5.75 Å². The molecule has 1 atom stereocenters. The number of benzene rings is 2. The van der Waals surface area contributed by atoms with Gasteiger partial charge in [0.05, 0.1) is 16.5 Å². The zero-order chi connectivity index (χ0) is 20.7. The number of phenols is 1. The van der Waals surface area contributed by atoms with Crippen molar-refractivity contribution in [1.29, 1.82) is 0 Å². The number of phenolic OH excluding ortho intramolecular Hbond substituents is 1. The maximum Gasteiger partial charge on any atom is 0.320 e. The molecule has 1 aliphatic rings. The minimum atomic E-state index is -0.904. The molecule has 0 amide bonds. The molecule has 1 saturated heterocycles. The molecule has 150 valence electrons. The van der Waals surface area contributed by atoms with E-state index in [9.17, 15) is 24.2 Å². The summed E-state index contributed by atoms with van der Waals surface area (Å²) < 4.78 is 19.2. The van der Waals surface area contributed by atoms with Crippen LogP contribution in [0.3, 0.4) is 0 Å². The van der Waals surface area contributed by atoms with Gasteiger partial charge in [-0.2, -0.15) is 0 Å². The summed E-state index contributed by atoms with van der Waals surface area (Å²) in [6.45, 7) is 2.39. The number of hydrogen-bond acceptors (Lipinski definition) is 5. The van der Waals surface area contributed by atoms with Gasteiger partial charge in [-0.05, 0) is 56.1 Å². The Balaban J connectivity index is 1.85. The minimum Gasteiger partial charge on any atom is -0.507 e. The van der Waals surface area contributed by atoms with Gasteiger partial charge in [0.15, 0.2) is 0 Å². The summed E-state index contributed by atoms with van der Waals surface area (Å²) in [6.07, 6.45) is 1.29. The molecule has 1 aromatic heterocycles. The molecule has 0 saturated carbocycles. The van der Waals surface area contributed by atoms with Gasteiger partial charge in [-0.15, -0.1) is 0 Å². The van der Waals surface area contributed by atoms with Crippen LogP contribution in [0.1, 0.15) is 24.2 Å². The van der Waals surface area contributed by atoms with E-state index in [1.54, 1.807) is 11.8 Å². The third-order valence-corrected chi connectivity index (χ3v) is 5.46. The highest BCUT2D eigenvalue weighted by molar-refractivity contribution is 5.86. The number of carboxylic acids is 1. The molecule has 3 aromatic rings. The predicted molar refractivity (Wildman–Crippen MR) is 105 cm³/mol. The monoisotopic (exact) mass is 397 g/mol. The van der Waals surface area contributed by atoms with Gasteiger partial charge in [0.2, 0.25) is 5.43 Å². The lowest BCUT2D eigenvalue weighted by Crippen LogP contribution is -2.35. The lowest BCUT2D eigenvalue weighted by atomic mass is 10.0. The Kier molecular flexibility index (Phi) is 4.84. The first-order chi connectivity index (χ1) is 13.9. The molecule has 2 N–H and O–H groups in total. The number of aryl methyl sites for hydroxylation is 1. The summed E-state index contributed by atoms with van der Waals surface area (Å²) in [5.41, 5.74) is 1.22. The molecule has 0 bridgehead atoms. The second-order valence-electron chi connectivity index (χ2n) is 7.28. The summed E-state index contributed by atoms with van der Waals surface area (Å²) in [5.74, 6) is -1.01. The first kappa shape index (κ1) is 19.1. The SMILES string of the molecule is Cc1oc2c(CN3CCC[C@@H]3C(=O)O)c(O)ccc2c(=O)c1-c1ccc(F)cc1. The smallest absolute Gasteiger partial charge is 0.320 e.